The largest absolute Gasteiger partial charge is 0.379 e. The van der Waals surface area contributed by atoms with Crippen molar-refractivity contribution >= 4 is 5.78 Å². The van der Waals surface area contributed by atoms with Crippen molar-refractivity contribution in [2.75, 3.05) is 20.3 Å². The second-order valence-electron chi connectivity index (χ2n) is 3.89. The van der Waals surface area contributed by atoms with Gasteiger partial charge < -0.3 is 10.1 Å². The second kappa shape index (κ2) is 3.80. The molecule has 0 aliphatic carbocycles. The molecule has 16 heavy (non-hydrogen) atoms. The van der Waals surface area contributed by atoms with E-state index in [-0.39, 0.29) is 5.92 Å². The van der Waals surface area contributed by atoms with Gasteiger partial charge in [0.1, 0.15) is 5.82 Å². The maximum absolute atomic E-state index is 5.47. The topological polar surface area (TPSA) is 64.3 Å². The summed E-state index contributed by atoms with van der Waals surface area (Å²) in [5, 5.41) is 11.5. The Morgan fingerprint density at radius 3 is 3.25 bits per heavy atom. The molecule has 0 bridgehead atoms. The van der Waals surface area contributed by atoms with Crippen molar-refractivity contribution in [3.63, 3.8) is 0 Å². The van der Waals surface area contributed by atoms with E-state index >= 15 is 0 Å². The van der Waals surface area contributed by atoms with Crippen LogP contribution < -0.4 is 5.32 Å². The van der Waals surface area contributed by atoms with Crippen LogP contribution in [-0.4, -0.2) is 45.9 Å². The third-order valence-electron chi connectivity index (χ3n) is 3.00. The highest BCUT2D eigenvalue weighted by Crippen LogP contribution is 2.23. The minimum Gasteiger partial charge on any atom is -0.379 e. The number of hydrogen-bond acceptors (Lipinski definition) is 5. The van der Waals surface area contributed by atoms with Gasteiger partial charge in [-0.2, -0.15) is 0 Å². The van der Waals surface area contributed by atoms with Crippen molar-refractivity contribution in [1.29, 1.82) is 0 Å². The molecule has 6 heteroatoms. The summed E-state index contributed by atoms with van der Waals surface area (Å²) in [7, 11) is 1.94. The van der Waals surface area contributed by atoms with Gasteiger partial charge in [0.15, 0.2) is 0 Å². The molecule has 1 aliphatic heterocycles. The minimum atomic E-state index is 0.240. The first kappa shape index (κ1) is 9.68. The number of hydrogen-bond donors (Lipinski definition) is 1. The zero-order chi connectivity index (χ0) is 11.0. The molecule has 1 aliphatic rings. The molecule has 2 aromatic rings. The number of aromatic nitrogens is 4. The molecule has 0 spiro atoms. The number of likely N-dealkylation sites (N-methyl/N-ethyl adjacent to an activating group) is 1. The molecule has 0 aromatic carbocycles. The summed E-state index contributed by atoms with van der Waals surface area (Å²) in [5.41, 5.74) is 0. The molecule has 6 nitrogen and oxygen atoms in total. The summed E-state index contributed by atoms with van der Waals surface area (Å²) in [6.07, 6.45) is 3.65. The highest BCUT2D eigenvalue weighted by Gasteiger charge is 2.32. The Balaban J connectivity index is 2.05. The maximum atomic E-state index is 5.47. The van der Waals surface area contributed by atoms with E-state index in [9.17, 15) is 0 Å². The van der Waals surface area contributed by atoms with Gasteiger partial charge in [0.2, 0.25) is 0 Å². The summed E-state index contributed by atoms with van der Waals surface area (Å²) in [6.45, 7) is 1.40. The molecular formula is C10H13N5O. The van der Waals surface area contributed by atoms with Gasteiger partial charge in [-0.1, -0.05) is 0 Å². The predicted octanol–water partition coefficient (Wildman–Crippen LogP) is -0.174. The average Bonchev–Trinajstić information content (AvgIpc) is 2.94. The van der Waals surface area contributed by atoms with E-state index in [1.165, 1.54) is 0 Å². The first-order chi connectivity index (χ1) is 7.90. The van der Waals surface area contributed by atoms with Crippen LogP contribution in [0.4, 0.5) is 0 Å². The zero-order valence-electron chi connectivity index (χ0n) is 9.00. The van der Waals surface area contributed by atoms with E-state index in [1.807, 2.05) is 23.7 Å². The van der Waals surface area contributed by atoms with Crippen molar-refractivity contribution in [3.8, 4) is 0 Å². The molecule has 2 unspecified atom stereocenters. The molecule has 3 rings (SSSR count). The molecule has 1 N–H and O–H groups in total. The van der Waals surface area contributed by atoms with Crippen LogP contribution in [0.1, 0.15) is 11.7 Å². The third-order valence-corrected chi connectivity index (χ3v) is 3.00. The van der Waals surface area contributed by atoms with Crippen LogP contribution in [0.3, 0.4) is 0 Å². The smallest absolute Gasteiger partial charge is 0.254 e. The van der Waals surface area contributed by atoms with Crippen LogP contribution >= 0.6 is 0 Å². The molecule has 0 amide bonds. The second-order valence-corrected chi connectivity index (χ2v) is 3.89. The van der Waals surface area contributed by atoms with Gasteiger partial charge in [-0.15, -0.1) is 10.2 Å². The zero-order valence-corrected chi connectivity index (χ0v) is 9.00. The van der Waals surface area contributed by atoms with Crippen LogP contribution in [0.5, 0.6) is 0 Å². The molecule has 3 heterocycles. The number of fused-ring (bicyclic) bond motifs is 1. The van der Waals surface area contributed by atoms with E-state index in [4.69, 9.17) is 4.74 Å². The Morgan fingerprint density at radius 2 is 2.38 bits per heavy atom. The Bertz CT molecular complexity index is 497. The Morgan fingerprint density at radius 1 is 1.44 bits per heavy atom. The summed E-state index contributed by atoms with van der Waals surface area (Å²) < 4.78 is 7.39. The van der Waals surface area contributed by atoms with E-state index in [0.29, 0.717) is 18.4 Å². The lowest BCUT2D eigenvalue weighted by Gasteiger charge is -2.14. The Hall–Kier alpha value is -1.53. The quantitative estimate of drug-likeness (QED) is 0.759. The third kappa shape index (κ3) is 1.38. The van der Waals surface area contributed by atoms with Crippen LogP contribution in [0, 0.1) is 0 Å². The van der Waals surface area contributed by atoms with E-state index < -0.39 is 0 Å². The molecule has 2 atom stereocenters. The highest BCUT2D eigenvalue weighted by molar-refractivity contribution is 5.28. The number of nitrogens with one attached hydrogen (secondary N) is 1. The predicted molar refractivity (Wildman–Crippen MR) is 57.2 cm³/mol. The summed E-state index contributed by atoms with van der Waals surface area (Å²) in [5.74, 6) is 1.79. The van der Waals surface area contributed by atoms with Crippen molar-refractivity contribution < 1.29 is 4.74 Å². The Kier molecular flexibility index (Phi) is 2.30. The van der Waals surface area contributed by atoms with Gasteiger partial charge in [0.25, 0.3) is 5.78 Å². The van der Waals surface area contributed by atoms with Gasteiger partial charge in [0, 0.05) is 18.4 Å². The standard InChI is InChI=1S/C10H13N5O/c1-11-8-6-16-5-7(8)9-13-14-10-12-3-2-4-15(9)10/h2-4,7-8,11H,5-6H2,1H3. The van der Waals surface area contributed by atoms with E-state index in [0.717, 1.165) is 12.4 Å². The van der Waals surface area contributed by atoms with Crippen LogP contribution in [0.25, 0.3) is 5.78 Å². The lowest BCUT2D eigenvalue weighted by atomic mass is 10.0. The maximum Gasteiger partial charge on any atom is 0.254 e. The fourth-order valence-electron chi connectivity index (χ4n) is 2.11. The van der Waals surface area contributed by atoms with Crippen LogP contribution in [0.2, 0.25) is 0 Å². The number of nitrogens with zero attached hydrogens (tertiary/aromatic N) is 4. The van der Waals surface area contributed by atoms with Gasteiger partial charge >= 0.3 is 0 Å². The first-order valence-electron chi connectivity index (χ1n) is 5.31. The van der Waals surface area contributed by atoms with Gasteiger partial charge in [-0.05, 0) is 13.1 Å². The van der Waals surface area contributed by atoms with Crippen molar-refractivity contribution in [1.82, 2.24) is 24.9 Å². The number of rotatable bonds is 2. The lowest BCUT2D eigenvalue weighted by molar-refractivity contribution is 0.188. The van der Waals surface area contributed by atoms with Gasteiger partial charge in [-0.25, -0.2) is 4.98 Å². The molecule has 1 fully saturated rings. The van der Waals surface area contributed by atoms with Gasteiger partial charge in [0.05, 0.1) is 19.1 Å². The van der Waals surface area contributed by atoms with Crippen molar-refractivity contribution in [2.24, 2.45) is 0 Å². The average molecular weight is 219 g/mol. The summed E-state index contributed by atoms with van der Waals surface area (Å²) in [6, 6.07) is 2.18. The summed E-state index contributed by atoms with van der Waals surface area (Å²) in [4.78, 5) is 4.15. The first-order valence-corrected chi connectivity index (χ1v) is 5.31. The van der Waals surface area contributed by atoms with Crippen LogP contribution in [-0.2, 0) is 4.74 Å². The summed E-state index contributed by atoms with van der Waals surface area (Å²) >= 11 is 0. The van der Waals surface area contributed by atoms with Crippen LogP contribution in [0.15, 0.2) is 18.5 Å². The van der Waals surface area contributed by atoms with Gasteiger partial charge in [-0.3, -0.25) is 4.40 Å². The molecule has 1 saturated heterocycles. The molecule has 0 saturated carbocycles. The molecular weight excluding hydrogens is 206 g/mol. The molecule has 0 radical (unpaired) electrons. The van der Waals surface area contributed by atoms with E-state index in [1.54, 1.807) is 6.20 Å². The monoisotopic (exact) mass is 219 g/mol. The van der Waals surface area contributed by atoms with Crippen molar-refractivity contribution in [2.45, 2.75) is 12.0 Å². The normalized spacial score (nSPS) is 25.3. The lowest BCUT2D eigenvalue weighted by Crippen LogP contribution is -2.32. The SMILES string of the molecule is CNC1COCC1c1nnc2ncccn12. The Labute approximate surface area is 92.7 Å². The fraction of sp³-hybridized carbons (Fsp3) is 0.500. The fourth-order valence-corrected chi connectivity index (χ4v) is 2.11. The van der Waals surface area contributed by atoms with Crippen molar-refractivity contribution in [3.05, 3.63) is 24.3 Å². The highest BCUT2D eigenvalue weighted by atomic mass is 16.5. The molecule has 2 aromatic heterocycles. The molecule has 84 valence electrons. The minimum absolute atomic E-state index is 0.240. The number of ether oxygens (including phenoxy) is 1. The van der Waals surface area contributed by atoms with E-state index in [2.05, 4.69) is 20.5 Å².